The summed E-state index contributed by atoms with van der Waals surface area (Å²) in [5.41, 5.74) is 6.00. The molecule has 0 aromatic heterocycles. The van der Waals surface area contributed by atoms with Gasteiger partial charge in [-0.1, -0.05) is 13.8 Å². The molecule has 5 nitrogen and oxygen atoms in total. The highest BCUT2D eigenvalue weighted by molar-refractivity contribution is 5.99. The Balaban J connectivity index is 3.16. The lowest BCUT2D eigenvalue weighted by atomic mass is 10.0. The molecule has 0 fully saturated rings. The second-order valence-electron chi connectivity index (χ2n) is 4.57. The van der Waals surface area contributed by atoms with Gasteiger partial charge in [-0.05, 0) is 31.0 Å². The summed E-state index contributed by atoms with van der Waals surface area (Å²) >= 11 is 0. The van der Waals surface area contributed by atoms with Gasteiger partial charge in [-0.25, -0.2) is 0 Å². The van der Waals surface area contributed by atoms with Crippen LogP contribution in [0.5, 0.6) is 0 Å². The van der Waals surface area contributed by atoms with E-state index in [4.69, 9.17) is 11.0 Å². The van der Waals surface area contributed by atoms with E-state index in [1.54, 1.807) is 4.90 Å². The topological polar surface area (TPSA) is 87.2 Å². The number of nitrogens with zero attached hydrogens (tertiary/aromatic N) is 2. The second-order valence-corrected chi connectivity index (χ2v) is 4.57. The lowest BCUT2D eigenvalue weighted by Gasteiger charge is -2.21. The summed E-state index contributed by atoms with van der Waals surface area (Å²) in [7, 11) is 0. The smallest absolute Gasteiger partial charge is 0.253 e. The summed E-state index contributed by atoms with van der Waals surface area (Å²) in [6.45, 7) is 5.29. The van der Waals surface area contributed by atoms with E-state index in [0.717, 1.165) is 12.8 Å². The minimum absolute atomic E-state index is 0.173. The second kappa shape index (κ2) is 7.29. The van der Waals surface area contributed by atoms with Crippen LogP contribution in [-0.2, 0) is 0 Å². The summed E-state index contributed by atoms with van der Waals surface area (Å²) < 4.78 is 0. The van der Waals surface area contributed by atoms with Crippen molar-refractivity contribution in [3.8, 4) is 6.07 Å². The van der Waals surface area contributed by atoms with Crippen molar-refractivity contribution >= 4 is 11.8 Å². The van der Waals surface area contributed by atoms with E-state index in [1.165, 1.54) is 18.2 Å². The Bertz CT molecular complexity index is 541. The predicted octanol–water partition coefficient (Wildman–Crippen LogP) is 1.92. The normalized spacial score (nSPS) is 9.85. The van der Waals surface area contributed by atoms with Gasteiger partial charge >= 0.3 is 0 Å². The zero-order valence-electron chi connectivity index (χ0n) is 11.8. The maximum atomic E-state index is 12.4. The third-order valence-corrected chi connectivity index (χ3v) is 2.87. The van der Waals surface area contributed by atoms with Crippen LogP contribution in [0.25, 0.3) is 0 Å². The predicted molar refractivity (Wildman–Crippen MR) is 76.2 cm³/mol. The Morgan fingerprint density at radius 3 is 2.15 bits per heavy atom. The minimum atomic E-state index is -0.645. The van der Waals surface area contributed by atoms with E-state index >= 15 is 0 Å². The molecule has 0 saturated heterocycles. The molecule has 0 spiro atoms. The summed E-state index contributed by atoms with van der Waals surface area (Å²) in [6.07, 6.45) is 1.71. The standard InChI is InChI=1S/C15H19N3O2/c1-3-5-18(6-4-2)15(20)13-8-11(10-16)7-12(9-13)14(17)19/h7-9H,3-6H2,1-2H3,(H2,17,19). The molecule has 0 radical (unpaired) electrons. The monoisotopic (exact) mass is 273 g/mol. The third kappa shape index (κ3) is 3.82. The summed E-state index contributed by atoms with van der Waals surface area (Å²) in [4.78, 5) is 25.4. The lowest BCUT2D eigenvalue weighted by Crippen LogP contribution is -2.32. The Hall–Kier alpha value is -2.35. The van der Waals surface area contributed by atoms with Gasteiger partial charge in [-0.3, -0.25) is 9.59 Å². The van der Waals surface area contributed by atoms with Gasteiger partial charge < -0.3 is 10.6 Å². The molecule has 0 aliphatic rings. The van der Waals surface area contributed by atoms with Crippen molar-refractivity contribution in [2.24, 2.45) is 5.73 Å². The molecule has 0 heterocycles. The Morgan fingerprint density at radius 2 is 1.70 bits per heavy atom. The van der Waals surface area contributed by atoms with E-state index in [-0.39, 0.29) is 17.0 Å². The number of primary amides is 1. The van der Waals surface area contributed by atoms with Crippen molar-refractivity contribution in [2.75, 3.05) is 13.1 Å². The fourth-order valence-corrected chi connectivity index (χ4v) is 2.00. The highest BCUT2D eigenvalue weighted by Crippen LogP contribution is 2.13. The maximum Gasteiger partial charge on any atom is 0.253 e. The van der Waals surface area contributed by atoms with Gasteiger partial charge in [0.25, 0.3) is 5.91 Å². The number of amides is 2. The molecule has 106 valence electrons. The van der Waals surface area contributed by atoms with Gasteiger partial charge in [-0.2, -0.15) is 5.26 Å². The highest BCUT2D eigenvalue weighted by atomic mass is 16.2. The number of nitrogens with two attached hydrogens (primary N) is 1. The first kappa shape index (κ1) is 15.7. The van der Waals surface area contributed by atoms with Crippen LogP contribution in [0.1, 0.15) is 53.0 Å². The van der Waals surface area contributed by atoms with Crippen molar-refractivity contribution in [1.29, 1.82) is 5.26 Å². The summed E-state index contributed by atoms with van der Waals surface area (Å²) in [6, 6.07) is 6.28. The van der Waals surface area contributed by atoms with Crippen molar-refractivity contribution in [3.63, 3.8) is 0 Å². The zero-order valence-corrected chi connectivity index (χ0v) is 11.8. The van der Waals surface area contributed by atoms with Crippen LogP contribution in [0.2, 0.25) is 0 Å². The first-order valence-electron chi connectivity index (χ1n) is 6.67. The molecule has 1 rings (SSSR count). The molecule has 0 aliphatic heterocycles. The van der Waals surface area contributed by atoms with Gasteiger partial charge in [0.15, 0.2) is 0 Å². The number of hydrogen-bond acceptors (Lipinski definition) is 3. The molecular formula is C15H19N3O2. The molecule has 0 unspecified atom stereocenters. The van der Waals surface area contributed by atoms with Gasteiger partial charge in [0.1, 0.15) is 0 Å². The minimum Gasteiger partial charge on any atom is -0.366 e. The third-order valence-electron chi connectivity index (χ3n) is 2.87. The largest absolute Gasteiger partial charge is 0.366 e. The molecule has 2 amide bonds. The quantitative estimate of drug-likeness (QED) is 0.858. The molecule has 1 aromatic carbocycles. The molecule has 2 N–H and O–H groups in total. The average molecular weight is 273 g/mol. The van der Waals surface area contributed by atoms with Gasteiger partial charge in [-0.15, -0.1) is 0 Å². The number of carbonyl (C=O) groups excluding carboxylic acids is 2. The van der Waals surface area contributed by atoms with Crippen LogP contribution in [-0.4, -0.2) is 29.8 Å². The summed E-state index contributed by atoms with van der Waals surface area (Å²) in [5.74, 6) is -0.818. The van der Waals surface area contributed by atoms with Gasteiger partial charge in [0.2, 0.25) is 5.91 Å². The Kier molecular flexibility index (Phi) is 5.73. The van der Waals surface area contributed by atoms with Crippen LogP contribution in [0.4, 0.5) is 0 Å². The zero-order chi connectivity index (χ0) is 15.1. The molecule has 5 heteroatoms. The molecular weight excluding hydrogens is 254 g/mol. The summed E-state index contributed by atoms with van der Waals surface area (Å²) in [5, 5.41) is 8.97. The van der Waals surface area contributed by atoms with Gasteiger partial charge in [0.05, 0.1) is 11.6 Å². The van der Waals surface area contributed by atoms with Crippen LogP contribution in [0.15, 0.2) is 18.2 Å². The molecule has 0 aliphatic carbocycles. The van der Waals surface area contributed by atoms with Crippen LogP contribution < -0.4 is 5.73 Å². The first-order chi connectivity index (χ1) is 9.53. The van der Waals surface area contributed by atoms with E-state index in [0.29, 0.717) is 18.7 Å². The molecule has 1 aromatic rings. The van der Waals surface area contributed by atoms with Crippen LogP contribution in [0.3, 0.4) is 0 Å². The van der Waals surface area contributed by atoms with E-state index in [9.17, 15) is 9.59 Å². The van der Waals surface area contributed by atoms with E-state index in [2.05, 4.69) is 0 Å². The van der Waals surface area contributed by atoms with Crippen LogP contribution in [0, 0.1) is 11.3 Å². The van der Waals surface area contributed by atoms with E-state index in [1.807, 2.05) is 19.9 Å². The van der Waals surface area contributed by atoms with Crippen molar-refractivity contribution in [1.82, 2.24) is 4.90 Å². The van der Waals surface area contributed by atoms with Crippen LogP contribution >= 0.6 is 0 Å². The molecule has 0 atom stereocenters. The Labute approximate surface area is 119 Å². The van der Waals surface area contributed by atoms with Crippen molar-refractivity contribution in [3.05, 3.63) is 34.9 Å². The lowest BCUT2D eigenvalue weighted by molar-refractivity contribution is 0.0755. The first-order valence-corrected chi connectivity index (χ1v) is 6.67. The average Bonchev–Trinajstić information content (AvgIpc) is 2.45. The SMILES string of the molecule is CCCN(CCC)C(=O)c1cc(C#N)cc(C(N)=O)c1. The molecule has 0 saturated carbocycles. The number of benzene rings is 1. The maximum absolute atomic E-state index is 12.4. The Morgan fingerprint density at radius 1 is 1.15 bits per heavy atom. The van der Waals surface area contributed by atoms with Crippen molar-refractivity contribution < 1.29 is 9.59 Å². The number of hydrogen-bond donors (Lipinski definition) is 1. The highest BCUT2D eigenvalue weighted by Gasteiger charge is 2.16. The molecule has 20 heavy (non-hydrogen) atoms. The fraction of sp³-hybridized carbons (Fsp3) is 0.400. The van der Waals surface area contributed by atoms with Crippen molar-refractivity contribution in [2.45, 2.75) is 26.7 Å². The fourth-order valence-electron chi connectivity index (χ4n) is 2.00. The van der Waals surface area contributed by atoms with E-state index < -0.39 is 5.91 Å². The van der Waals surface area contributed by atoms with Gasteiger partial charge in [0, 0.05) is 24.2 Å². The number of nitriles is 1. The number of carbonyl (C=O) groups is 2. The number of rotatable bonds is 6. The molecule has 0 bridgehead atoms.